The van der Waals surface area contributed by atoms with Crippen LogP contribution in [0.1, 0.15) is 43.4 Å². The van der Waals surface area contributed by atoms with Crippen molar-refractivity contribution in [1.82, 2.24) is 0 Å². The summed E-state index contributed by atoms with van der Waals surface area (Å²) in [5.41, 5.74) is 5.64. The number of nitrogens with one attached hydrogen (secondary N) is 2. The number of hydrogen-bond acceptors (Lipinski definition) is 5. The Morgan fingerprint density at radius 3 is 1.87 bits per heavy atom. The second-order valence-electron chi connectivity index (χ2n) is 10.0. The standard InChI is InChI=1S/C33H38N2O3/c1-23(2)19-27(36)14-13-26-20-32(34-21-24-9-15-28(37-3)16-10-24)30-7-5-6-8-31(30)33(26)35-22-25-11-17-29(38-4)18-12-25/h5-12,15-18,20,23,34-35H,13-14,19,21-22H2,1-4H3. The predicted octanol–water partition coefficient (Wildman–Crippen LogP) is 7.63. The number of carbonyl (C=O) groups excluding carboxylic acids is 1. The van der Waals surface area contributed by atoms with Crippen LogP contribution in [0, 0.1) is 5.92 Å². The highest BCUT2D eigenvalue weighted by Gasteiger charge is 2.14. The van der Waals surface area contributed by atoms with E-state index < -0.39 is 0 Å². The van der Waals surface area contributed by atoms with E-state index in [2.05, 4.69) is 79.1 Å². The first kappa shape index (κ1) is 27.1. The highest BCUT2D eigenvalue weighted by molar-refractivity contribution is 6.03. The lowest BCUT2D eigenvalue weighted by molar-refractivity contribution is -0.119. The fourth-order valence-electron chi connectivity index (χ4n) is 4.69. The SMILES string of the molecule is COc1ccc(CNc2cc(CCC(=O)CC(C)C)c(NCc3ccc(OC)cc3)c3ccccc23)cc1. The van der Waals surface area contributed by atoms with Crippen LogP contribution >= 0.6 is 0 Å². The van der Waals surface area contributed by atoms with E-state index in [1.165, 1.54) is 11.1 Å². The van der Waals surface area contributed by atoms with Crippen LogP contribution in [0.25, 0.3) is 10.8 Å². The second-order valence-corrected chi connectivity index (χ2v) is 10.0. The molecule has 2 N–H and O–H groups in total. The molecule has 4 rings (SSSR count). The molecule has 0 bridgehead atoms. The Labute approximate surface area is 226 Å². The molecule has 5 heteroatoms. The van der Waals surface area contributed by atoms with Crippen molar-refractivity contribution >= 4 is 27.9 Å². The Kier molecular flexibility index (Phi) is 9.26. The molecule has 4 aromatic carbocycles. The molecule has 0 aromatic heterocycles. The van der Waals surface area contributed by atoms with E-state index >= 15 is 0 Å². The number of fused-ring (bicyclic) bond motifs is 1. The van der Waals surface area contributed by atoms with Gasteiger partial charge in [-0.15, -0.1) is 0 Å². The third-order valence-electron chi connectivity index (χ3n) is 6.71. The average Bonchev–Trinajstić information content (AvgIpc) is 2.94. The lowest BCUT2D eigenvalue weighted by Crippen LogP contribution is -2.09. The Hall–Kier alpha value is -3.99. The molecule has 0 amide bonds. The number of ether oxygens (including phenoxy) is 2. The van der Waals surface area contributed by atoms with Gasteiger partial charge in [0.2, 0.25) is 0 Å². The quantitative estimate of drug-likeness (QED) is 0.194. The van der Waals surface area contributed by atoms with E-state index in [0.717, 1.165) is 39.2 Å². The van der Waals surface area contributed by atoms with Gasteiger partial charge in [-0.1, -0.05) is 62.4 Å². The lowest BCUT2D eigenvalue weighted by atomic mass is 9.96. The maximum atomic E-state index is 12.6. The molecule has 0 aliphatic heterocycles. The minimum atomic E-state index is 0.307. The van der Waals surface area contributed by atoms with Crippen LogP contribution in [-0.4, -0.2) is 20.0 Å². The molecule has 0 heterocycles. The summed E-state index contributed by atoms with van der Waals surface area (Å²) < 4.78 is 10.6. The molecule has 38 heavy (non-hydrogen) atoms. The molecule has 4 aromatic rings. The van der Waals surface area contributed by atoms with Gasteiger partial charge in [-0.2, -0.15) is 0 Å². The van der Waals surface area contributed by atoms with Crippen molar-refractivity contribution in [2.45, 2.75) is 46.2 Å². The summed E-state index contributed by atoms with van der Waals surface area (Å²) in [4.78, 5) is 12.6. The molecule has 0 atom stereocenters. The Bertz CT molecular complexity index is 1350. The molecule has 0 spiro atoms. The van der Waals surface area contributed by atoms with E-state index in [4.69, 9.17) is 9.47 Å². The van der Waals surface area contributed by atoms with Crippen molar-refractivity contribution in [2.24, 2.45) is 5.92 Å². The summed E-state index contributed by atoms with van der Waals surface area (Å²) in [6, 6.07) is 26.9. The van der Waals surface area contributed by atoms with Crippen LogP contribution in [0.4, 0.5) is 11.4 Å². The summed E-state index contributed by atoms with van der Waals surface area (Å²) in [7, 11) is 3.35. The summed E-state index contributed by atoms with van der Waals surface area (Å²) >= 11 is 0. The van der Waals surface area contributed by atoms with Crippen LogP contribution < -0.4 is 20.1 Å². The van der Waals surface area contributed by atoms with Gasteiger partial charge in [-0.05, 0) is 59.4 Å². The number of ketones is 1. The van der Waals surface area contributed by atoms with E-state index in [9.17, 15) is 4.79 Å². The zero-order valence-corrected chi connectivity index (χ0v) is 22.8. The van der Waals surface area contributed by atoms with Crippen molar-refractivity contribution in [2.75, 3.05) is 24.9 Å². The van der Waals surface area contributed by atoms with Crippen LogP contribution in [-0.2, 0) is 24.3 Å². The fourth-order valence-corrected chi connectivity index (χ4v) is 4.69. The van der Waals surface area contributed by atoms with Crippen molar-refractivity contribution < 1.29 is 14.3 Å². The number of benzene rings is 4. The van der Waals surface area contributed by atoms with Gasteiger partial charge in [0, 0.05) is 48.1 Å². The average molecular weight is 511 g/mol. The Morgan fingerprint density at radius 1 is 0.763 bits per heavy atom. The highest BCUT2D eigenvalue weighted by Crippen LogP contribution is 2.35. The molecule has 0 fully saturated rings. The minimum absolute atomic E-state index is 0.307. The molecular weight excluding hydrogens is 472 g/mol. The van der Waals surface area contributed by atoms with E-state index in [0.29, 0.717) is 44.1 Å². The molecule has 198 valence electrons. The number of anilines is 2. The monoisotopic (exact) mass is 510 g/mol. The molecule has 0 saturated carbocycles. The summed E-state index contributed by atoms with van der Waals surface area (Å²) in [5.74, 6) is 2.37. The van der Waals surface area contributed by atoms with Gasteiger partial charge < -0.3 is 20.1 Å². The van der Waals surface area contributed by atoms with Crippen LogP contribution in [0.5, 0.6) is 11.5 Å². The summed E-state index contributed by atoms with van der Waals surface area (Å²) in [6.45, 7) is 5.56. The van der Waals surface area contributed by atoms with Gasteiger partial charge >= 0.3 is 0 Å². The molecule has 5 nitrogen and oxygen atoms in total. The van der Waals surface area contributed by atoms with Gasteiger partial charge in [0.25, 0.3) is 0 Å². The molecule has 0 unspecified atom stereocenters. The summed E-state index contributed by atoms with van der Waals surface area (Å²) in [5, 5.41) is 9.64. The smallest absolute Gasteiger partial charge is 0.133 e. The number of aryl methyl sites for hydroxylation is 1. The summed E-state index contributed by atoms with van der Waals surface area (Å²) in [6.07, 6.45) is 1.84. The van der Waals surface area contributed by atoms with Crippen molar-refractivity contribution in [3.8, 4) is 11.5 Å². The number of Topliss-reactive ketones (excluding diaryl/α,β-unsaturated/α-hetero) is 1. The van der Waals surface area contributed by atoms with Crippen molar-refractivity contribution in [3.63, 3.8) is 0 Å². The molecule has 0 saturated heterocycles. The minimum Gasteiger partial charge on any atom is -0.497 e. The van der Waals surface area contributed by atoms with Gasteiger partial charge in [-0.3, -0.25) is 4.79 Å². The lowest BCUT2D eigenvalue weighted by Gasteiger charge is -2.20. The maximum Gasteiger partial charge on any atom is 0.133 e. The van der Waals surface area contributed by atoms with E-state index in [1.807, 2.05) is 24.3 Å². The largest absolute Gasteiger partial charge is 0.497 e. The number of hydrogen-bond donors (Lipinski definition) is 2. The molecule has 0 aliphatic rings. The first-order valence-corrected chi connectivity index (χ1v) is 13.3. The second kappa shape index (κ2) is 13.0. The third-order valence-corrected chi connectivity index (χ3v) is 6.71. The third kappa shape index (κ3) is 7.06. The first-order valence-electron chi connectivity index (χ1n) is 13.3. The van der Waals surface area contributed by atoms with Gasteiger partial charge in [-0.25, -0.2) is 0 Å². The van der Waals surface area contributed by atoms with Crippen molar-refractivity contribution in [1.29, 1.82) is 0 Å². The Balaban J connectivity index is 1.64. The normalized spacial score (nSPS) is 11.0. The number of rotatable bonds is 13. The molecule has 0 radical (unpaired) electrons. The number of carbonyl (C=O) groups is 1. The number of methoxy groups -OCH3 is 2. The van der Waals surface area contributed by atoms with E-state index in [-0.39, 0.29) is 0 Å². The predicted molar refractivity (Wildman–Crippen MR) is 157 cm³/mol. The van der Waals surface area contributed by atoms with Crippen LogP contribution in [0.2, 0.25) is 0 Å². The zero-order chi connectivity index (χ0) is 26.9. The fraction of sp³-hybridized carbons (Fsp3) is 0.303. The molecule has 0 aliphatic carbocycles. The first-order chi connectivity index (χ1) is 18.5. The molecular formula is C33H38N2O3. The Morgan fingerprint density at radius 2 is 1.32 bits per heavy atom. The van der Waals surface area contributed by atoms with Crippen LogP contribution in [0.15, 0.2) is 78.9 Å². The highest BCUT2D eigenvalue weighted by atomic mass is 16.5. The zero-order valence-electron chi connectivity index (χ0n) is 22.8. The van der Waals surface area contributed by atoms with Gasteiger partial charge in [0.15, 0.2) is 0 Å². The van der Waals surface area contributed by atoms with Gasteiger partial charge in [0.05, 0.1) is 14.2 Å². The van der Waals surface area contributed by atoms with Crippen molar-refractivity contribution in [3.05, 3.63) is 95.6 Å². The van der Waals surface area contributed by atoms with Crippen LogP contribution in [0.3, 0.4) is 0 Å². The topological polar surface area (TPSA) is 59.6 Å². The maximum absolute atomic E-state index is 12.6. The van der Waals surface area contributed by atoms with E-state index in [1.54, 1.807) is 14.2 Å². The van der Waals surface area contributed by atoms with Gasteiger partial charge in [0.1, 0.15) is 17.3 Å².